The number of nitrogens with one attached hydrogen (secondary N) is 1. The van der Waals surface area contributed by atoms with Crippen molar-refractivity contribution in [3.63, 3.8) is 0 Å². The molecule has 0 aromatic heterocycles. The predicted octanol–water partition coefficient (Wildman–Crippen LogP) is 0.515. The molecule has 0 aliphatic rings. The normalized spacial score (nSPS) is 13.1. The molecule has 0 radical (unpaired) electrons. The maximum absolute atomic E-state index is 11.8. The van der Waals surface area contributed by atoms with E-state index in [1.54, 1.807) is 0 Å². The summed E-state index contributed by atoms with van der Waals surface area (Å²) in [6, 6.07) is -0.0132. The Kier molecular flexibility index (Phi) is 7.66. The lowest BCUT2D eigenvalue weighted by molar-refractivity contribution is -0.144. The Morgan fingerprint density at radius 1 is 1.21 bits per heavy atom. The van der Waals surface area contributed by atoms with E-state index in [0.29, 0.717) is 0 Å². The molecule has 7 heteroatoms. The van der Waals surface area contributed by atoms with Gasteiger partial charge in [0.05, 0.1) is 18.8 Å². The van der Waals surface area contributed by atoms with Crippen LogP contribution in [0, 0.1) is 5.92 Å². The minimum Gasteiger partial charge on any atom is -0.469 e. The van der Waals surface area contributed by atoms with Crippen LogP contribution in [0.15, 0.2) is 0 Å². The zero-order chi connectivity index (χ0) is 15.1. The van der Waals surface area contributed by atoms with E-state index in [0.717, 1.165) is 12.8 Å². The van der Waals surface area contributed by atoms with Gasteiger partial charge in [0.25, 0.3) is 0 Å². The molecule has 0 aromatic rings. The van der Waals surface area contributed by atoms with E-state index in [1.807, 2.05) is 13.8 Å². The van der Waals surface area contributed by atoms with Gasteiger partial charge in [-0.15, -0.1) is 0 Å². The summed E-state index contributed by atoms with van der Waals surface area (Å²) in [6.07, 6.45) is 1.50. The van der Waals surface area contributed by atoms with Crippen LogP contribution in [0.2, 0.25) is 0 Å². The topological polar surface area (TPSA) is 89.5 Å². The first-order valence-corrected chi connectivity index (χ1v) is 8.15. The third kappa shape index (κ3) is 7.15. The third-order valence-electron chi connectivity index (χ3n) is 2.81. The monoisotopic (exact) mass is 293 g/mol. The molecule has 0 aromatic carbocycles. The summed E-state index contributed by atoms with van der Waals surface area (Å²) in [5.41, 5.74) is 0. The quantitative estimate of drug-likeness (QED) is 0.659. The van der Waals surface area contributed by atoms with Crippen molar-refractivity contribution in [1.29, 1.82) is 0 Å². The molecule has 0 saturated heterocycles. The molecular formula is C12H23NO5S. The Bertz CT molecular complexity index is 400. The van der Waals surface area contributed by atoms with Crippen molar-refractivity contribution in [3.05, 3.63) is 0 Å². The number of sulfone groups is 1. The summed E-state index contributed by atoms with van der Waals surface area (Å²) in [4.78, 5) is 22.8. The van der Waals surface area contributed by atoms with E-state index >= 15 is 0 Å². The largest absolute Gasteiger partial charge is 0.469 e. The van der Waals surface area contributed by atoms with Gasteiger partial charge in [0, 0.05) is 6.04 Å². The maximum atomic E-state index is 11.8. The van der Waals surface area contributed by atoms with Crippen LogP contribution < -0.4 is 5.32 Å². The van der Waals surface area contributed by atoms with E-state index in [9.17, 15) is 18.0 Å². The second-order valence-electron chi connectivity index (χ2n) is 4.56. The van der Waals surface area contributed by atoms with Crippen molar-refractivity contribution >= 4 is 21.7 Å². The second-order valence-corrected chi connectivity index (χ2v) is 6.67. The minimum absolute atomic E-state index is 0.0132. The third-order valence-corrected chi connectivity index (χ3v) is 4.52. The molecular weight excluding hydrogens is 270 g/mol. The lowest BCUT2D eigenvalue weighted by Crippen LogP contribution is -2.39. The summed E-state index contributed by atoms with van der Waals surface area (Å²) in [5.74, 6) is -2.86. The van der Waals surface area contributed by atoms with Crippen LogP contribution in [0.25, 0.3) is 0 Å². The molecule has 1 atom stereocenters. The number of ether oxygens (including phenoxy) is 1. The molecule has 0 aliphatic heterocycles. The Hall–Kier alpha value is -1.11. The van der Waals surface area contributed by atoms with Gasteiger partial charge >= 0.3 is 5.97 Å². The zero-order valence-electron chi connectivity index (χ0n) is 11.9. The van der Waals surface area contributed by atoms with Gasteiger partial charge in [-0.3, -0.25) is 9.59 Å². The molecule has 112 valence electrons. The number of hydrogen-bond acceptors (Lipinski definition) is 5. The van der Waals surface area contributed by atoms with Crippen LogP contribution in [0.1, 0.15) is 33.6 Å². The summed E-state index contributed by atoms with van der Waals surface area (Å²) in [5, 5.41) is 2.65. The molecule has 0 rings (SSSR count). The summed E-state index contributed by atoms with van der Waals surface area (Å²) < 4.78 is 28.0. The Labute approximate surface area is 114 Å². The van der Waals surface area contributed by atoms with Crippen molar-refractivity contribution in [2.75, 3.05) is 18.6 Å². The van der Waals surface area contributed by atoms with Gasteiger partial charge in [0.1, 0.15) is 5.75 Å². The second kappa shape index (κ2) is 8.14. The average molecular weight is 293 g/mol. The van der Waals surface area contributed by atoms with Gasteiger partial charge in [-0.1, -0.05) is 20.8 Å². The lowest BCUT2D eigenvalue weighted by Gasteiger charge is -2.15. The van der Waals surface area contributed by atoms with Crippen molar-refractivity contribution in [3.8, 4) is 0 Å². The molecule has 0 fully saturated rings. The molecule has 0 saturated carbocycles. The number of hydrogen-bond donors (Lipinski definition) is 1. The van der Waals surface area contributed by atoms with Gasteiger partial charge in [-0.05, 0) is 12.8 Å². The summed E-state index contributed by atoms with van der Waals surface area (Å²) in [7, 11) is -2.41. The molecule has 1 N–H and O–H groups in total. The van der Waals surface area contributed by atoms with Crippen LogP contribution in [-0.4, -0.2) is 45.0 Å². The highest BCUT2D eigenvalue weighted by Gasteiger charge is 2.25. The Morgan fingerprint density at radius 3 is 2.16 bits per heavy atom. The molecule has 0 spiro atoms. The Morgan fingerprint density at radius 2 is 1.74 bits per heavy atom. The van der Waals surface area contributed by atoms with Crippen molar-refractivity contribution < 1.29 is 22.7 Å². The standard InChI is InChI=1S/C12H23NO5S/c1-5-10(6-2)13-11(14)8-19(16,17)7-9(3)12(15)18-4/h9-10H,5-8H2,1-4H3,(H,13,14). The van der Waals surface area contributed by atoms with E-state index < -0.39 is 33.4 Å². The maximum Gasteiger partial charge on any atom is 0.309 e. The van der Waals surface area contributed by atoms with Crippen molar-refractivity contribution in [2.24, 2.45) is 5.92 Å². The fourth-order valence-corrected chi connectivity index (χ4v) is 3.17. The van der Waals surface area contributed by atoms with E-state index in [4.69, 9.17) is 0 Å². The smallest absolute Gasteiger partial charge is 0.309 e. The van der Waals surface area contributed by atoms with Gasteiger partial charge in [-0.2, -0.15) is 0 Å². The number of carbonyl (C=O) groups is 2. The van der Waals surface area contributed by atoms with Gasteiger partial charge in [0.2, 0.25) is 5.91 Å². The molecule has 1 unspecified atom stereocenters. The van der Waals surface area contributed by atoms with Crippen LogP contribution in [0.4, 0.5) is 0 Å². The molecule has 0 bridgehead atoms. The summed E-state index contributed by atoms with van der Waals surface area (Å²) in [6.45, 7) is 5.30. The van der Waals surface area contributed by atoms with E-state index in [-0.39, 0.29) is 11.8 Å². The lowest BCUT2D eigenvalue weighted by atomic mass is 10.2. The number of esters is 1. The molecule has 1 amide bonds. The molecule has 0 heterocycles. The molecule has 19 heavy (non-hydrogen) atoms. The SMILES string of the molecule is CCC(CC)NC(=O)CS(=O)(=O)CC(C)C(=O)OC. The van der Waals surface area contributed by atoms with Gasteiger partial charge in [-0.25, -0.2) is 8.42 Å². The number of rotatable bonds is 8. The van der Waals surface area contributed by atoms with E-state index in [2.05, 4.69) is 10.1 Å². The summed E-state index contributed by atoms with van der Waals surface area (Å²) >= 11 is 0. The van der Waals surface area contributed by atoms with Crippen LogP contribution in [0.5, 0.6) is 0 Å². The number of carbonyl (C=O) groups excluding carboxylic acids is 2. The highest BCUT2D eigenvalue weighted by Crippen LogP contribution is 2.05. The minimum atomic E-state index is -3.61. The molecule has 0 aliphatic carbocycles. The highest BCUT2D eigenvalue weighted by atomic mass is 32.2. The number of methoxy groups -OCH3 is 1. The first-order valence-electron chi connectivity index (χ1n) is 6.33. The zero-order valence-corrected chi connectivity index (χ0v) is 12.7. The first-order chi connectivity index (χ1) is 8.75. The van der Waals surface area contributed by atoms with Crippen molar-refractivity contribution in [1.82, 2.24) is 5.32 Å². The predicted molar refractivity (Wildman–Crippen MR) is 72.3 cm³/mol. The van der Waals surface area contributed by atoms with Crippen LogP contribution >= 0.6 is 0 Å². The van der Waals surface area contributed by atoms with Gasteiger partial charge < -0.3 is 10.1 Å². The first kappa shape index (κ1) is 17.9. The number of amides is 1. The molecule has 6 nitrogen and oxygen atoms in total. The van der Waals surface area contributed by atoms with Gasteiger partial charge in [0.15, 0.2) is 9.84 Å². The van der Waals surface area contributed by atoms with E-state index in [1.165, 1.54) is 14.0 Å². The Balaban J connectivity index is 4.45. The van der Waals surface area contributed by atoms with Crippen LogP contribution in [0.3, 0.4) is 0 Å². The average Bonchev–Trinajstić information content (AvgIpc) is 2.33. The van der Waals surface area contributed by atoms with Crippen LogP contribution in [-0.2, 0) is 24.2 Å². The fourth-order valence-electron chi connectivity index (χ4n) is 1.67. The fraction of sp³-hybridized carbons (Fsp3) is 0.833. The van der Waals surface area contributed by atoms with Crippen molar-refractivity contribution in [2.45, 2.75) is 39.7 Å². The highest BCUT2D eigenvalue weighted by molar-refractivity contribution is 7.92.